The molecule has 0 aliphatic carbocycles. The standard InChI is InChI=1S/C30H21N3O3S2/c34-29-27(19-21-16-17-25-26(18-21)36-20-35-25)37-30(32(29)23-12-6-2-7-13-23)33(24-14-8-3-9-15-24)31-28(38-30)22-10-4-1-5-11-22/h1-19H,20H2/b27-19+. The molecule has 3 aliphatic rings. The maximum atomic E-state index is 14.2. The van der Waals surface area contributed by atoms with Crippen LogP contribution in [0.1, 0.15) is 11.1 Å². The Balaban J connectivity index is 1.38. The van der Waals surface area contributed by atoms with Gasteiger partial charge in [0.2, 0.25) is 11.1 Å². The summed E-state index contributed by atoms with van der Waals surface area (Å²) in [5, 5.41) is 7.91. The number of anilines is 2. The Morgan fingerprint density at radius 1 is 0.763 bits per heavy atom. The molecule has 3 heterocycles. The second kappa shape index (κ2) is 9.31. The molecule has 6 nitrogen and oxygen atoms in total. The Morgan fingerprint density at radius 3 is 2.16 bits per heavy atom. The van der Waals surface area contributed by atoms with E-state index in [1.165, 1.54) is 11.8 Å². The van der Waals surface area contributed by atoms with E-state index in [-0.39, 0.29) is 12.7 Å². The Morgan fingerprint density at radius 2 is 1.42 bits per heavy atom. The number of ether oxygens (including phenoxy) is 2. The van der Waals surface area contributed by atoms with Gasteiger partial charge in [-0.15, -0.1) is 0 Å². The van der Waals surface area contributed by atoms with Gasteiger partial charge < -0.3 is 9.47 Å². The molecule has 4 aromatic rings. The quantitative estimate of drug-likeness (QED) is 0.269. The number of rotatable bonds is 4. The van der Waals surface area contributed by atoms with Crippen LogP contribution >= 0.6 is 23.5 Å². The third-order valence-corrected chi connectivity index (χ3v) is 9.12. The number of nitrogens with zero attached hydrogens (tertiary/aromatic N) is 3. The Labute approximate surface area is 228 Å². The maximum Gasteiger partial charge on any atom is 0.268 e. The van der Waals surface area contributed by atoms with E-state index in [4.69, 9.17) is 14.6 Å². The summed E-state index contributed by atoms with van der Waals surface area (Å²) in [7, 11) is 0. The highest BCUT2D eigenvalue weighted by molar-refractivity contribution is 8.28. The van der Waals surface area contributed by atoms with Crippen LogP contribution in [0.25, 0.3) is 6.08 Å². The Hall–Kier alpha value is -4.14. The zero-order valence-corrected chi connectivity index (χ0v) is 21.7. The molecule has 7 rings (SSSR count). The van der Waals surface area contributed by atoms with Crippen LogP contribution in [-0.4, -0.2) is 22.1 Å². The molecular weight excluding hydrogens is 514 g/mol. The van der Waals surface area contributed by atoms with Gasteiger partial charge in [-0.25, -0.2) is 5.01 Å². The van der Waals surface area contributed by atoms with Gasteiger partial charge in [0.1, 0.15) is 5.04 Å². The summed E-state index contributed by atoms with van der Waals surface area (Å²) in [6, 6.07) is 35.6. The molecule has 1 atom stereocenters. The molecule has 3 aliphatic heterocycles. The van der Waals surface area contributed by atoms with E-state index in [2.05, 4.69) is 0 Å². The van der Waals surface area contributed by atoms with E-state index < -0.39 is 4.33 Å². The summed E-state index contributed by atoms with van der Waals surface area (Å²) in [5.41, 5.74) is 3.58. The molecule has 1 unspecified atom stereocenters. The zero-order valence-electron chi connectivity index (χ0n) is 20.1. The Bertz CT molecular complexity index is 1580. The van der Waals surface area contributed by atoms with Crippen LogP contribution < -0.4 is 19.4 Å². The van der Waals surface area contributed by atoms with Crippen molar-refractivity contribution in [1.29, 1.82) is 0 Å². The van der Waals surface area contributed by atoms with E-state index in [1.54, 1.807) is 11.8 Å². The van der Waals surface area contributed by atoms with Crippen LogP contribution in [0.15, 0.2) is 119 Å². The van der Waals surface area contributed by atoms with E-state index in [0.29, 0.717) is 16.4 Å². The Kier molecular flexibility index (Phi) is 5.64. The zero-order chi connectivity index (χ0) is 25.5. The molecule has 1 amide bonds. The van der Waals surface area contributed by atoms with E-state index in [1.807, 2.05) is 125 Å². The lowest BCUT2D eigenvalue weighted by Crippen LogP contribution is -2.51. The number of amides is 1. The highest BCUT2D eigenvalue weighted by Gasteiger charge is 2.59. The first kappa shape index (κ1) is 23.0. The number of hydrogen-bond acceptors (Lipinski definition) is 7. The van der Waals surface area contributed by atoms with Crippen molar-refractivity contribution in [3.8, 4) is 11.5 Å². The van der Waals surface area contributed by atoms with Crippen molar-refractivity contribution in [2.24, 2.45) is 5.10 Å². The third-order valence-electron chi connectivity index (χ3n) is 6.36. The molecular formula is C30H21N3O3S2. The molecule has 0 bridgehead atoms. The summed E-state index contributed by atoms with van der Waals surface area (Å²) in [6.45, 7) is 0.205. The predicted octanol–water partition coefficient (Wildman–Crippen LogP) is 6.76. The van der Waals surface area contributed by atoms with Gasteiger partial charge >= 0.3 is 0 Å². The molecule has 1 saturated heterocycles. The SMILES string of the molecule is O=C1/C(=C\c2ccc3c(c2)OCO3)SC2(SC(c3ccccc3)=NN2c2ccccc2)N1c1ccccc1. The van der Waals surface area contributed by atoms with Crippen molar-refractivity contribution in [3.05, 3.63) is 125 Å². The lowest BCUT2D eigenvalue weighted by molar-refractivity contribution is -0.114. The summed E-state index contributed by atoms with van der Waals surface area (Å²) >= 11 is 3.08. The average molecular weight is 536 g/mol. The lowest BCUT2D eigenvalue weighted by Gasteiger charge is -2.38. The minimum Gasteiger partial charge on any atom is -0.454 e. The van der Waals surface area contributed by atoms with Crippen LogP contribution in [-0.2, 0) is 4.79 Å². The number of carbonyl (C=O) groups is 1. The predicted molar refractivity (Wildman–Crippen MR) is 154 cm³/mol. The van der Waals surface area contributed by atoms with Gasteiger partial charge in [-0.1, -0.05) is 84.6 Å². The number of thioether (sulfide) groups is 2. The minimum absolute atomic E-state index is 0.0863. The lowest BCUT2D eigenvalue weighted by atomic mass is 10.2. The van der Waals surface area contributed by atoms with Gasteiger partial charge in [-0.2, -0.15) is 5.10 Å². The second-order valence-corrected chi connectivity index (χ2v) is 11.4. The topological polar surface area (TPSA) is 54.4 Å². The van der Waals surface area contributed by atoms with Crippen LogP contribution in [0, 0.1) is 0 Å². The highest BCUT2D eigenvalue weighted by atomic mass is 32.2. The molecule has 0 radical (unpaired) electrons. The molecule has 0 N–H and O–H groups in total. The van der Waals surface area contributed by atoms with Crippen LogP contribution in [0.5, 0.6) is 11.5 Å². The van der Waals surface area contributed by atoms with E-state index in [9.17, 15) is 4.79 Å². The highest BCUT2D eigenvalue weighted by Crippen LogP contribution is 2.59. The van der Waals surface area contributed by atoms with Crippen LogP contribution in [0.2, 0.25) is 0 Å². The monoisotopic (exact) mass is 535 g/mol. The van der Waals surface area contributed by atoms with Crippen molar-refractivity contribution in [3.63, 3.8) is 0 Å². The number of benzene rings is 4. The number of hydrazone groups is 1. The number of hydrogen-bond donors (Lipinski definition) is 0. The van der Waals surface area contributed by atoms with Gasteiger partial charge in [0, 0.05) is 11.3 Å². The van der Waals surface area contributed by atoms with E-state index >= 15 is 0 Å². The average Bonchev–Trinajstić information content (AvgIpc) is 3.66. The van der Waals surface area contributed by atoms with Crippen molar-refractivity contribution in [2.75, 3.05) is 16.7 Å². The number of carbonyl (C=O) groups excluding carboxylic acids is 1. The fraction of sp³-hybridized carbons (Fsp3) is 0.0667. The molecule has 4 aromatic carbocycles. The molecule has 8 heteroatoms. The summed E-state index contributed by atoms with van der Waals surface area (Å²) in [5.74, 6) is 1.31. The van der Waals surface area contributed by atoms with Crippen LogP contribution in [0.3, 0.4) is 0 Å². The third kappa shape index (κ3) is 3.84. The number of para-hydroxylation sites is 2. The van der Waals surface area contributed by atoms with E-state index in [0.717, 1.165) is 27.5 Å². The largest absolute Gasteiger partial charge is 0.454 e. The van der Waals surface area contributed by atoms with Gasteiger partial charge in [-0.05, 0) is 59.8 Å². The van der Waals surface area contributed by atoms with Gasteiger partial charge in [0.05, 0.1) is 10.6 Å². The smallest absolute Gasteiger partial charge is 0.268 e. The molecule has 38 heavy (non-hydrogen) atoms. The van der Waals surface area contributed by atoms with Crippen molar-refractivity contribution >= 4 is 51.9 Å². The first-order valence-electron chi connectivity index (χ1n) is 12.1. The van der Waals surface area contributed by atoms with Gasteiger partial charge in [-0.3, -0.25) is 9.69 Å². The normalized spacial score (nSPS) is 21.0. The summed E-state index contributed by atoms with van der Waals surface area (Å²) in [6.07, 6.45) is 1.92. The summed E-state index contributed by atoms with van der Waals surface area (Å²) in [4.78, 5) is 16.7. The van der Waals surface area contributed by atoms with Crippen LogP contribution in [0.4, 0.5) is 11.4 Å². The number of fused-ring (bicyclic) bond motifs is 1. The fourth-order valence-corrected chi connectivity index (χ4v) is 7.60. The molecule has 0 aromatic heterocycles. The molecule has 1 fully saturated rings. The molecule has 0 saturated carbocycles. The minimum atomic E-state index is -0.896. The molecule has 186 valence electrons. The van der Waals surface area contributed by atoms with Gasteiger partial charge in [0.15, 0.2) is 11.5 Å². The summed E-state index contributed by atoms with van der Waals surface area (Å²) < 4.78 is 10.1. The maximum absolute atomic E-state index is 14.2. The van der Waals surface area contributed by atoms with Crippen molar-refractivity contribution < 1.29 is 14.3 Å². The fourth-order valence-electron chi connectivity index (χ4n) is 4.61. The second-order valence-electron chi connectivity index (χ2n) is 8.77. The van der Waals surface area contributed by atoms with Gasteiger partial charge in [0.25, 0.3) is 5.91 Å². The van der Waals surface area contributed by atoms with Crippen molar-refractivity contribution in [2.45, 2.75) is 4.33 Å². The molecule has 1 spiro atoms. The first-order chi connectivity index (χ1) is 18.7. The first-order valence-corrected chi connectivity index (χ1v) is 13.7. The van der Waals surface area contributed by atoms with Crippen molar-refractivity contribution in [1.82, 2.24) is 0 Å².